The lowest BCUT2D eigenvalue weighted by molar-refractivity contribution is -0.384. The molecule has 2 fully saturated rings. The number of carbonyl (C=O) groups excluding carboxylic acids is 1. The Morgan fingerprint density at radius 3 is 2.65 bits per heavy atom. The third kappa shape index (κ3) is 3.30. The Balaban J connectivity index is 0.00000196. The van der Waals surface area contributed by atoms with Crippen molar-refractivity contribution in [2.24, 2.45) is 0 Å². The molecule has 2 atom stereocenters. The van der Waals surface area contributed by atoms with E-state index in [-0.39, 0.29) is 30.0 Å². The molecular weight excluding hydrogens is 358 g/mol. The van der Waals surface area contributed by atoms with Gasteiger partial charge in [0.15, 0.2) is 0 Å². The van der Waals surface area contributed by atoms with Crippen molar-refractivity contribution in [1.82, 2.24) is 20.0 Å². The molecule has 2 unspecified atom stereocenters. The summed E-state index contributed by atoms with van der Waals surface area (Å²) in [6.45, 7) is 1.80. The lowest BCUT2D eigenvalue weighted by Gasteiger charge is -2.27. The van der Waals surface area contributed by atoms with Crippen LogP contribution in [0.3, 0.4) is 0 Å². The van der Waals surface area contributed by atoms with Gasteiger partial charge in [0.1, 0.15) is 0 Å². The van der Waals surface area contributed by atoms with Gasteiger partial charge in [-0.25, -0.2) is 4.68 Å². The summed E-state index contributed by atoms with van der Waals surface area (Å²) in [5.41, 5.74) is 1.27. The Hall–Kier alpha value is -2.45. The molecule has 1 N–H and O–H groups in total. The summed E-state index contributed by atoms with van der Waals surface area (Å²) in [7, 11) is 0. The first kappa shape index (κ1) is 18.3. The number of benzene rings is 1. The maximum absolute atomic E-state index is 13.0. The number of amides is 1. The molecule has 4 rings (SSSR count). The van der Waals surface area contributed by atoms with Crippen molar-refractivity contribution in [1.29, 1.82) is 0 Å². The van der Waals surface area contributed by atoms with E-state index in [0.717, 1.165) is 32.4 Å². The van der Waals surface area contributed by atoms with Gasteiger partial charge in [0, 0.05) is 37.0 Å². The quantitative estimate of drug-likeness (QED) is 0.653. The maximum atomic E-state index is 13.0. The van der Waals surface area contributed by atoms with E-state index in [4.69, 9.17) is 0 Å². The SMILES string of the molecule is Cl.O=C(c1cnn(-c2ccc([N+](=O)[O-])cc2)c1)N1C2CCNCC1CC2. The van der Waals surface area contributed by atoms with Crippen molar-refractivity contribution < 1.29 is 9.72 Å². The van der Waals surface area contributed by atoms with E-state index in [1.54, 1.807) is 29.2 Å². The second-order valence-corrected chi connectivity index (χ2v) is 6.54. The lowest BCUT2D eigenvalue weighted by atomic mass is 10.1. The normalized spacial score (nSPS) is 21.8. The van der Waals surface area contributed by atoms with E-state index in [0.29, 0.717) is 17.3 Å². The largest absolute Gasteiger partial charge is 0.331 e. The molecule has 1 aromatic carbocycles. The molecule has 138 valence electrons. The number of nitro benzene ring substituents is 1. The molecule has 0 aliphatic carbocycles. The molecule has 2 saturated heterocycles. The fourth-order valence-electron chi connectivity index (χ4n) is 3.76. The number of aromatic nitrogens is 2. The summed E-state index contributed by atoms with van der Waals surface area (Å²) < 4.78 is 1.58. The molecule has 26 heavy (non-hydrogen) atoms. The molecule has 3 heterocycles. The van der Waals surface area contributed by atoms with Gasteiger partial charge in [0.25, 0.3) is 11.6 Å². The van der Waals surface area contributed by atoms with Gasteiger partial charge >= 0.3 is 0 Å². The number of hydrogen-bond acceptors (Lipinski definition) is 5. The van der Waals surface area contributed by atoms with Gasteiger partial charge in [-0.05, 0) is 37.9 Å². The summed E-state index contributed by atoms with van der Waals surface area (Å²) in [6, 6.07) is 6.66. The molecule has 0 radical (unpaired) electrons. The third-order valence-corrected chi connectivity index (χ3v) is 5.04. The number of carbonyl (C=O) groups is 1. The van der Waals surface area contributed by atoms with Crippen molar-refractivity contribution in [2.45, 2.75) is 31.3 Å². The number of non-ortho nitro benzene ring substituents is 1. The summed E-state index contributed by atoms with van der Waals surface area (Å²) in [6.07, 6.45) is 6.36. The van der Waals surface area contributed by atoms with Crippen molar-refractivity contribution >= 4 is 24.0 Å². The first-order chi connectivity index (χ1) is 12.1. The summed E-state index contributed by atoms with van der Waals surface area (Å²) in [4.78, 5) is 25.3. The third-order valence-electron chi connectivity index (χ3n) is 5.04. The standard InChI is InChI=1S/C17H19N5O3.ClH/c23-17(21-14-3-6-16(21)10-18-8-7-14)12-9-19-20(11-12)13-1-4-15(5-2-13)22(24)25;/h1-2,4-5,9,11,14,16,18H,3,6-8,10H2;1H. The molecule has 2 bridgehead atoms. The van der Waals surface area contributed by atoms with Crippen molar-refractivity contribution in [2.75, 3.05) is 13.1 Å². The summed E-state index contributed by atoms with van der Waals surface area (Å²) in [5.74, 6) is 0.0179. The minimum absolute atomic E-state index is 0. The van der Waals surface area contributed by atoms with Crippen LogP contribution in [0, 0.1) is 10.1 Å². The second kappa shape index (κ2) is 7.43. The zero-order valence-corrected chi connectivity index (χ0v) is 14.9. The average molecular weight is 378 g/mol. The monoisotopic (exact) mass is 377 g/mol. The fourth-order valence-corrected chi connectivity index (χ4v) is 3.76. The zero-order chi connectivity index (χ0) is 17.4. The highest BCUT2D eigenvalue weighted by Gasteiger charge is 2.38. The highest BCUT2D eigenvalue weighted by atomic mass is 35.5. The van der Waals surface area contributed by atoms with Crippen LogP contribution in [0.15, 0.2) is 36.7 Å². The zero-order valence-electron chi connectivity index (χ0n) is 14.1. The number of rotatable bonds is 3. The molecule has 1 amide bonds. The Bertz CT molecular complexity index is 793. The average Bonchev–Trinajstić information content (AvgIpc) is 3.18. The number of hydrogen-bond donors (Lipinski definition) is 1. The molecule has 8 nitrogen and oxygen atoms in total. The van der Waals surface area contributed by atoms with Crippen molar-refractivity contribution in [3.63, 3.8) is 0 Å². The van der Waals surface area contributed by atoms with Gasteiger partial charge in [0.2, 0.25) is 0 Å². The van der Waals surface area contributed by atoms with Crippen LogP contribution < -0.4 is 5.32 Å². The van der Waals surface area contributed by atoms with E-state index in [1.165, 1.54) is 12.1 Å². The van der Waals surface area contributed by atoms with Gasteiger partial charge in [-0.2, -0.15) is 5.10 Å². The highest BCUT2D eigenvalue weighted by Crippen LogP contribution is 2.29. The minimum Gasteiger partial charge on any atom is -0.331 e. The van der Waals surface area contributed by atoms with Gasteiger partial charge in [0.05, 0.1) is 22.4 Å². The van der Waals surface area contributed by atoms with Crippen LogP contribution in [-0.4, -0.2) is 50.7 Å². The molecular formula is C17H20ClN5O3. The number of nitrogens with one attached hydrogen (secondary N) is 1. The molecule has 2 aliphatic heterocycles. The first-order valence-corrected chi connectivity index (χ1v) is 8.46. The molecule has 0 saturated carbocycles. The van der Waals surface area contributed by atoms with E-state index in [2.05, 4.69) is 10.4 Å². The topological polar surface area (TPSA) is 93.3 Å². The Kier molecular flexibility index (Phi) is 5.24. The Morgan fingerprint density at radius 2 is 1.92 bits per heavy atom. The molecule has 9 heteroatoms. The van der Waals surface area contributed by atoms with Crippen molar-refractivity contribution in [3.05, 3.63) is 52.3 Å². The smallest absolute Gasteiger partial charge is 0.269 e. The predicted molar refractivity (Wildman–Crippen MR) is 97.9 cm³/mol. The van der Waals surface area contributed by atoms with E-state index in [1.807, 2.05) is 4.90 Å². The van der Waals surface area contributed by atoms with Crippen LogP contribution in [0.5, 0.6) is 0 Å². The summed E-state index contributed by atoms with van der Waals surface area (Å²) in [5, 5.41) is 18.4. The van der Waals surface area contributed by atoms with Gasteiger partial charge in [-0.15, -0.1) is 12.4 Å². The fraction of sp³-hybridized carbons (Fsp3) is 0.412. The lowest BCUT2D eigenvalue weighted by Crippen LogP contribution is -2.42. The van der Waals surface area contributed by atoms with Crippen LogP contribution in [0.4, 0.5) is 5.69 Å². The van der Waals surface area contributed by atoms with Gasteiger partial charge in [-0.3, -0.25) is 14.9 Å². The second-order valence-electron chi connectivity index (χ2n) is 6.54. The van der Waals surface area contributed by atoms with Crippen LogP contribution >= 0.6 is 12.4 Å². The molecule has 0 spiro atoms. The van der Waals surface area contributed by atoms with E-state index < -0.39 is 4.92 Å². The molecule has 2 aliphatic rings. The number of nitro groups is 1. The predicted octanol–water partition coefficient (Wildman–Crippen LogP) is 2.17. The summed E-state index contributed by atoms with van der Waals surface area (Å²) >= 11 is 0. The Morgan fingerprint density at radius 1 is 1.19 bits per heavy atom. The van der Waals surface area contributed by atoms with Crippen LogP contribution in [0.25, 0.3) is 5.69 Å². The minimum atomic E-state index is -0.440. The van der Waals surface area contributed by atoms with E-state index >= 15 is 0 Å². The van der Waals surface area contributed by atoms with Crippen LogP contribution in [0.2, 0.25) is 0 Å². The number of fused-ring (bicyclic) bond motifs is 2. The van der Waals surface area contributed by atoms with Gasteiger partial charge < -0.3 is 10.2 Å². The van der Waals surface area contributed by atoms with Crippen LogP contribution in [0.1, 0.15) is 29.6 Å². The van der Waals surface area contributed by atoms with Crippen LogP contribution in [-0.2, 0) is 0 Å². The Labute approximate surface area is 156 Å². The number of nitrogens with zero attached hydrogens (tertiary/aromatic N) is 4. The van der Waals surface area contributed by atoms with E-state index in [9.17, 15) is 14.9 Å². The highest BCUT2D eigenvalue weighted by molar-refractivity contribution is 5.94. The maximum Gasteiger partial charge on any atom is 0.269 e. The van der Waals surface area contributed by atoms with Gasteiger partial charge in [-0.1, -0.05) is 0 Å². The first-order valence-electron chi connectivity index (χ1n) is 8.46. The number of halogens is 1. The molecule has 1 aromatic heterocycles. The molecule has 2 aromatic rings. The van der Waals surface area contributed by atoms with Crippen molar-refractivity contribution in [3.8, 4) is 5.69 Å².